The van der Waals surface area contributed by atoms with Gasteiger partial charge in [-0.1, -0.05) is 36.4 Å². The van der Waals surface area contributed by atoms with Crippen LogP contribution in [0.15, 0.2) is 66.0 Å². The minimum absolute atomic E-state index is 0.628. The number of ether oxygens (including phenoxy) is 1. The highest BCUT2D eigenvalue weighted by atomic mass is 32.1. The summed E-state index contributed by atoms with van der Waals surface area (Å²) in [6.45, 7) is 3.49. The third-order valence-corrected chi connectivity index (χ3v) is 5.19. The largest absolute Gasteiger partial charge is 0.491 e. The molecular formula is C21H20N2OS. The molecule has 0 aliphatic rings. The van der Waals surface area contributed by atoms with Crippen molar-refractivity contribution < 1.29 is 4.74 Å². The fourth-order valence-electron chi connectivity index (χ4n) is 3.04. The number of imidazole rings is 1. The molecule has 2 heterocycles. The van der Waals surface area contributed by atoms with Crippen molar-refractivity contribution in [2.45, 2.75) is 19.9 Å². The number of hydrogen-bond acceptors (Lipinski definition) is 3. The number of benzene rings is 2. The Bertz CT molecular complexity index is 973. The second kappa shape index (κ2) is 7.11. The van der Waals surface area contributed by atoms with Gasteiger partial charge in [0.2, 0.25) is 0 Å². The third kappa shape index (κ3) is 3.44. The van der Waals surface area contributed by atoms with Gasteiger partial charge >= 0.3 is 0 Å². The van der Waals surface area contributed by atoms with Crippen LogP contribution in [0.3, 0.4) is 0 Å². The molecule has 2 aromatic carbocycles. The van der Waals surface area contributed by atoms with Crippen LogP contribution in [0.5, 0.6) is 5.75 Å². The normalized spacial score (nSPS) is 11.1. The van der Waals surface area contributed by atoms with Crippen LogP contribution in [0.4, 0.5) is 0 Å². The molecule has 0 bridgehead atoms. The number of thiophene rings is 1. The number of hydrogen-bond donors (Lipinski definition) is 0. The van der Waals surface area contributed by atoms with Gasteiger partial charge in [-0.25, -0.2) is 4.98 Å². The van der Waals surface area contributed by atoms with Crippen molar-refractivity contribution in [1.29, 1.82) is 0 Å². The number of fused-ring (bicyclic) bond motifs is 1. The van der Waals surface area contributed by atoms with E-state index in [1.165, 1.54) is 10.4 Å². The first-order chi connectivity index (χ1) is 12.3. The molecule has 4 aromatic rings. The van der Waals surface area contributed by atoms with Crippen LogP contribution in [0.25, 0.3) is 11.0 Å². The average Bonchev–Trinajstić information content (AvgIpc) is 3.25. The smallest absolute Gasteiger partial charge is 0.122 e. The Morgan fingerprint density at radius 1 is 1.00 bits per heavy atom. The number of aromatic nitrogens is 2. The Kier molecular flexibility index (Phi) is 4.53. The van der Waals surface area contributed by atoms with Crippen molar-refractivity contribution in [2.75, 3.05) is 6.61 Å². The Morgan fingerprint density at radius 3 is 2.68 bits per heavy atom. The van der Waals surface area contributed by atoms with Gasteiger partial charge in [0.25, 0.3) is 0 Å². The second-order valence-electron chi connectivity index (χ2n) is 6.04. The van der Waals surface area contributed by atoms with Crippen LogP contribution in [-0.2, 0) is 13.0 Å². The lowest BCUT2D eigenvalue weighted by molar-refractivity contribution is 0.296. The van der Waals surface area contributed by atoms with Crippen LogP contribution in [0.1, 0.15) is 16.3 Å². The SMILES string of the molecule is Cc1ccccc1OCCn1c(Cc2cccs2)nc2ccccc21. The number of para-hydroxylation sites is 3. The Hall–Kier alpha value is -2.59. The second-order valence-corrected chi connectivity index (χ2v) is 7.07. The van der Waals surface area contributed by atoms with Crippen LogP contribution in [-0.4, -0.2) is 16.2 Å². The zero-order valence-electron chi connectivity index (χ0n) is 14.2. The zero-order valence-corrected chi connectivity index (χ0v) is 15.0. The molecule has 0 spiro atoms. The standard InChI is InChI=1S/C21H20N2OS/c1-16-7-2-5-11-20(16)24-13-12-23-19-10-4-3-9-18(19)22-21(23)15-17-8-6-14-25-17/h2-11,14H,12-13,15H2,1H3. The fourth-order valence-corrected chi connectivity index (χ4v) is 3.75. The number of rotatable bonds is 6. The molecular weight excluding hydrogens is 328 g/mol. The minimum atomic E-state index is 0.628. The topological polar surface area (TPSA) is 27.1 Å². The van der Waals surface area contributed by atoms with Crippen LogP contribution < -0.4 is 4.74 Å². The number of aryl methyl sites for hydroxylation is 1. The monoisotopic (exact) mass is 348 g/mol. The summed E-state index contributed by atoms with van der Waals surface area (Å²) in [6.07, 6.45) is 0.858. The summed E-state index contributed by atoms with van der Waals surface area (Å²) >= 11 is 1.77. The Balaban J connectivity index is 1.57. The first-order valence-electron chi connectivity index (χ1n) is 8.46. The van der Waals surface area contributed by atoms with E-state index >= 15 is 0 Å². The maximum atomic E-state index is 6.00. The molecule has 0 N–H and O–H groups in total. The Labute approximate surface area is 151 Å². The van der Waals surface area contributed by atoms with Crippen molar-refractivity contribution in [3.05, 3.63) is 82.3 Å². The van der Waals surface area contributed by atoms with Gasteiger partial charge in [-0.05, 0) is 42.1 Å². The average molecular weight is 348 g/mol. The van der Waals surface area contributed by atoms with Crippen LogP contribution in [0, 0.1) is 6.92 Å². The third-order valence-electron chi connectivity index (χ3n) is 4.31. The Morgan fingerprint density at radius 2 is 1.84 bits per heavy atom. The van der Waals surface area contributed by atoms with E-state index in [0.29, 0.717) is 6.61 Å². The summed E-state index contributed by atoms with van der Waals surface area (Å²) in [7, 11) is 0. The van der Waals surface area contributed by atoms with Crippen LogP contribution >= 0.6 is 11.3 Å². The molecule has 0 aliphatic carbocycles. The first kappa shape index (κ1) is 15.9. The minimum Gasteiger partial charge on any atom is -0.491 e. The maximum Gasteiger partial charge on any atom is 0.122 e. The fraction of sp³-hybridized carbons (Fsp3) is 0.190. The molecule has 2 aromatic heterocycles. The van der Waals surface area contributed by atoms with Gasteiger partial charge in [0.15, 0.2) is 0 Å². The van der Waals surface area contributed by atoms with E-state index in [0.717, 1.165) is 35.6 Å². The zero-order chi connectivity index (χ0) is 17.1. The molecule has 0 fully saturated rings. The molecule has 0 saturated heterocycles. The highest BCUT2D eigenvalue weighted by Gasteiger charge is 2.11. The van der Waals surface area contributed by atoms with E-state index in [1.54, 1.807) is 11.3 Å². The van der Waals surface area contributed by atoms with E-state index in [1.807, 2.05) is 24.3 Å². The van der Waals surface area contributed by atoms with E-state index in [4.69, 9.17) is 9.72 Å². The summed E-state index contributed by atoms with van der Waals surface area (Å²) in [6, 6.07) is 20.7. The van der Waals surface area contributed by atoms with Gasteiger partial charge in [-0.3, -0.25) is 0 Å². The molecule has 126 valence electrons. The summed E-state index contributed by atoms with van der Waals surface area (Å²) in [5, 5.41) is 2.11. The molecule has 4 heteroatoms. The highest BCUT2D eigenvalue weighted by Crippen LogP contribution is 2.21. The molecule has 3 nitrogen and oxygen atoms in total. The predicted octanol–water partition coefficient (Wildman–Crippen LogP) is 5.08. The van der Waals surface area contributed by atoms with Crippen molar-refractivity contribution in [3.8, 4) is 5.75 Å². The summed E-state index contributed by atoms with van der Waals surface area (Å²) in [5.74, 6) is 2.05. The van der Waals surface area contributed by atoms with E-state index < -0.39 is 0 Å². The van der Waals surface area contributed by atoms with Gasteiger partial charge in [-0.2, -0.15) is 0 Å². The summed E-state index contributed by atoms with van der Waals surface area (Å²) in [5.41, 5.74) is 3.38. The van der Waals surface area contributed by atoms with Gasteiger partial charge < -0.3 is 9.30 Å². The van der Waals surface area contributed by atoms with Gasteiger partial charge in [0, 0.05) is 11.3 Å². The summed E-state index contributed by atoms with van der Waals surface area (Å²) < 4.78 is 8.29. The van der Waals surface area contributed by atoms with Crippen molar-refractivity contribution >= 4 is 22.4 Å². The van der Waals surface area contributed by atoms with Crippen LogP contribution in [0.2, 0.25) is 0 Å². The molecule has 0 aliphatic heterocycles. The van der Waals surface area contributed by atoms with E-state index in [2.05, 4.69) is 53.3 Å². The quantitative estimate of drug-likeness (QED) is 0.486. The predicted molar refractivity (Wildman–Crippen MR) is 104 cm³/mol. The van der Waals surface area contributed by atoms with Gasteiger partial charge in [0.1, 0.15) is 18.2 Å². The molecule has 4 rings (SSSR count). The van der Waals surface area contributed by atoms with E-state index in [-0.39, 0.29) is 0 Å². The van der Waals surface area contributed by atoms with Gasteiger partial charge in [0.05, 0.1) is 17.6 Å². The first-order valence-corrected chi connectivity index (χ1v) is 9.34. The molecule has 0 radical (unpaired) electrons. The lowest BCUT2D eigenvalue weighted by Crippen LogP contribution is -2.11. The molecule has 0 unspecified atom stereocenters. The highest BCUT2D eigenvalue weighted by molar-refractivity contribution is 7.09. The lowest BCUT2D eigenvalue weighted by atomic mass is 10.2. The molecule has 25 heavy (non-hydrogen) atoms. The van der Waals surface area contributed by atoms with Crippen molar-refractivity contribution in [2.24, 2.45) is 0 Å². The van der Waals surface area contributed by atoms with Crippen molar-refractivity contribution in [1.82, 2.24) is 9.55 Å². The van der Waals surface area contributed by atoms with Gasteiger partial charge in [-0.15, -0.1) is 11.3 Å². The molecule has 0 saturated carbocycles. The number of nitrogens with zero attached hydrogens (tertiary/aromatic N) is 2. The lowest BCUT2D eigenvalue weighted by Gasteiger charge is -2.12. The summed E-state index contributed by atoms with van der Waals surface area (Å²) in [4.78, 5) is 6.17. The maximum absolute atomic E-state index is 6.00. The molecule has 0 amide bonds. The van der Waals surface area contributed by atoms with Crippen molar-refractivity contribution in [3.63, 3.8) is 0 Å². The molecule has 0 atom stereocenters. The van der Waals surface area contributed by atoms with E-state index in [9.17, 15) is 0 Å².